The Bertz CT molecular complexity index is 153. The molecule has 0 aliphatic carbocycles. The average molecular weight is 221 g/mol. The lowest BCUT2D eigenvalue weighted by molar-refractivity contribution is 0.535. The summed E-state index contributed by atoms with van der Waals surface area (Å²) in [5.74, 6) is 0. The summed E-state index contributed by atoms with van der Waals surface area (Å²) in [5.41, 5.74) is 0.168. The van der Waals surface area contributed by atoms with Gasteiger partial charge < -0.3 is 0 Å². The van der Waals surface area contributed by atoms with Crippen molar-refractivity contribution in [1.29, 1.82) is 0 Å². The summed E-state index contributed by atoms with van der Waals surface area (Å²) < 4.78 is 0.924. The molecular weight excluding hydrogens is 208 g/mol. The Hall–Kier alpha value is 0.310. The van der Waals surface area contributed by atoms with Crippen LogP contribution in [-0.4, -0.2) is 0 Å². The van der Waals surface area contributed by atoms with Crippen molar-refractivity contribution in [3.63, 3.8) is 0 Å². The van der Waals surface area contributed by atoms with Gasteiger partial charge in [0.1, 0.15) is 0 Å². The van der Waals surface area contributed by atoms with Gasteiger partial charge in [-0.3, -0.25) is 0 Å². The maximum absolute atomic E-state index is 3.94. The number of halogens is 1. The van der Waals surface area contributed by atoms with Crippen molar-refractivity contribution in [2.75, 3.05) is 0 Å². The standard InChI is InChI=1S/C8H13BrS/c1-6(8(3,4)5)10-7(2)9/h1-2H2,3-5H3. The van der Waals surface area contributed by atoms with Crippen LogP contribution in [0.2, 0.25) is 0 Å². The van der Waals surface area contributed by atoms with Crippen molar-refractivity contribution in [2.24, 2.45) is 5.41 Å². The molecule has 0 N–H and O–H groups in total. The topological polar surface area (TPSA) is 0 Å². The third kappa shape index (κ3) is 4.18. The van der Waals surface area contributed by atoms with Gasteiger partial charge >= 0.3 is 0 Å². The lowest BCUT2D eigenvalue weighted by Crippen LogP contribution is -2.04. The van der Waals surface area contributed by atoms with Gasteiger partial charge in [-0.05, 0) is 26.3 Å². The molecule has 0 aromatic carbocycles. The van der Waals surface area contributed by atoms with Gasteiger partial charge in [-0.1, -0.05) is 45.7 Å². The molecule has 58 valence electrons. The minimum atomic E-state index is 0.168. The van der Waals surface area contributed by atoms with Gasteiger partial charge in [0.15, 0.2) is 0 Å². The maximum atomic E-state index is 3.94. The van der Waals surface area contributed by atoms with E-state index in [1.165, 1.54) is 0 Å². The van der Waals surface area contributed by atoms with E-state index in [0.29, 0.717) is 0 Å². The van der Waals surface area contributed by atoms with Gasteiger partial charge in [0.25, 0.3) is 0 Å². The first-order chi connectivity index (χ1) is 4.34. The summed E-state index contributed by atoms with van der Waals surface area (Å²) in [6, 6.07) is 0. The molecule has 10 heavy (non-hydrogen) atoms. The van der Waals surface area contributed by atoms with E-state index < -0.39 is 0 Å². The van der Waals surface area contributed by atoms with Crippen LogP contribution in [0.5, 0.6) is 0 Å². The van der Waals surface area contributed by atoms with Gasteiger partial charge in [0.05, 0.1) is 0 Å². The molecule has 0 rings (SSSR count). The van der Waals surface area contributed by atoms with Gasteiger partial charge in [0, 0.05) is 3.81 Å². The van der Waals surface area contributed by atoms with Crippen molar-refractivity contribution in [2.45, 2.75) is 20.8 Å². The highest BCUT2D eigenvalue weighted by molar-refractivity contribution is 9.14. The van der Waals surface area contributed by atoms with Crippen molar-refractivity contribution >= 4 is 27.7 Å². The van der Waals surface area contributed by atoms with Crippen LogP contribution in [0.4, 0.5) is 0 Å². The highest BCUT2D eigenvalue weighted by atomic mass is 79.9. The second kappa shape index (κ2) is 3.63. The third-order valence-corrected chi connectivity index (χ3v) is 2.64. The first-order valence-electron chi connectivity index (χ1n) is 3.05. The fourth-order valence-corrected chi connectivity index (χ4v) is 1.45. The van der Waals surface area contributed by atoms with Crippen molar-refractivity contribution < 1.29 is 0 Å². The number of rotatable bonds is 2. The van der Waals surface area contributed by atoms with E-state index in [-0.39, 0.29) is 5.41 Å². The van der Waals surface area contributed by atoms with Crippen LogP contribution in [0, 0.1) is 5.41 Å². The second-order valence-corrected chi connectivity index (χ2v) is 5.80. The minimum absolute atomic E-state index is 0.168. The number of thioether (sulfide) groups is 1. The SMILES string of the molecule is C=C(Br)SC(=C)C(C)(C)C. The van der Waals surface area contributed by atoms with E-state index in [0.717, 1.165) is 8.72 Å². The molecular formula is C8H13BrS. The van der Waals surface area contributed by atoms with E-state index >= 15 is 0 Å². The van der Waals surface area contributed by atoms with Gasteiger partial charge in [-0.2, -0.15) is 0 Å². The summed E-state index contributed by atoms with van der Waals surface area (Å²) in [5, 5.41) is 0. The molecule has 0 radical (unpaired) electrons. The monoisotopic (exact) mass is 220 g/mol. The average Bonchev–Trinajstić information content (AvgIpc) is 1.60. The molecule has 0 heterocycles. The van der Waals surface area contributed by atoms with E-state index in [1.54, 1.807) is 11.8 Å². The van der Waals surface area contributed by atoms with Crippen LogP contribution in [0.3, 0.4) is 0 Å². The van der Waals surface area contributed by atoms with E-state index in [2.05, 4.69) is 49.9 Å². The number of hydrogen-bond donors (Lipinski definition) is 0. The van der Waals surface area contributed by atoms with E-state index in [9.17, 15) is 0 Å². The summed E-state index contributed by atoms with van der Waals surface area (Å²) in [7, 11) is 0. The van der Waals surface area contributed by atoms with E-state index in [4.69, 9.17) is 0 Å². The predicted molar refractivity (Wildman–Crippen MR) is 54.3 cm³/mol. The molecule has 0 unspecified atom stereocenters. The largest absolute Gasteiger partial charge is 0.0886 e. The Labute approximate surface area is 75.9 Å². The maximum Gasteiger partial charge on any atom is 0.0476 e. The molecule has 2 heteroatoms. The normalized spacial score (nSPS) is 11.2. The lowest BCUT2D eigenvalue weighted by Gasteiger charge is -2.20. The zero-order valence-corrected chi connectivity index (χ0v) is 9.10. The number of hydrogen-bond acceptors (Lipinski definition) is 1. The Balaban J connectivity index is 3.99. The summed E-state index contributed by atoms with van der Waals surface area (Å²) in [6.07, 6.45) is 0. The van der Waals surface area contributed by atoms with Gasteiger partial charge in [0.2, 0.25) is 0 Å². The molecule has 0 aliphatic rings. The minimum Gasteiger partial charge on any atom is -0.0886 e. The summed E-state index contributed by atoms with van der Waals surface area (Å²) in [6.45, 7) is 14.1. The van der Waals surface area contributed by atoms with Crippen LogP contribution < -0.4 is 0 Å². The predicted octanol–water partition coefficient (Wildman–Crippen LogP) is 4.15. The highest BCUT2D eigenvalue weighted by Crippen LogP contribution is 2.38. The molecule has 0 saturated heterocycles. The molecule has 0 fully saturated rings. The molecule has 0 aromatic heterocycles. The van der Waals surface area contributed by atoms with E-state index in [1.807, 2.05) is 0 Å². The highest BCUT2D eigenvalue weighted by Gasteiger charge is 2.15. The molecule has 0 spiro atoms. The lowest BCUT2D eigenvalue weighted by atomic mass is 9.97. The Morgan fingerprint density at radius 2 is 1.70 bits per heavy atom. The van der Waals surface area contributed by atoms with Crippen molar-refractivity contribution in [1.82, 2.24) is 0 Å². The van der Waals surface area contributed by atoms with Crippen LogP contribution >= 0.6 is 27.7 Å². The molecule has 0 saturated carbocycles. The quantitative estimate of drug-likeness (QED) is 0.675. The fourth-order valence-electron chi connectivity index (χ4n) is 0.287. The third-order valence-electron chi connectivity index (χ3n) is 1.07. The van der Waals surface area contributed by atoms with Crippen LogP contribution in [0.25, 0.3) is 0 Å². The van der Waals surface area contributed by atoms with Crippen molar-refractivity contribution in [3.8, 4) is 0 Å². The first-order valence-corrected chi connectivity index (χ1v) is 4.66. The smallest absolute Gasteiger partial charge is 0.0476 e. The van der Waals surface area contributed by atoms with Crippen LogP contribution in [0.1, 0.15) is 20.8 Å². The van der Waals surface area contributed by atoms with Gasteiger partial charge in [-0.25, -0.2) is 0 Å². The zero-order valence-electron chi connectivity index (χ0n) is 6.70. The summed E-state index contributed by atoms with van der Waals surface area (Å²) >= 11 is 4.86. The molecule has 0 atom stereocenters. The molecule has 0 amide bonds. The Morgan fingerprint density at radius 3 is 1.80 bits per heavy atom. The van der Waals surface area contributed by atoms with Gasteiger partial charge in [-0.15, -0.1) is 0 Å². The molecule has 0 aromatic rings. The Morgan fingerprint density at radius 1 is 1.30 bits per heavy atom. The van der Waals surface area contributed by atoms with Crippen LogP contribution in [-0.2, 0) is 0 Å². The fraction of sp³-hybridized carbons (Fsp3) is 0.500. The zero-order chi connectivity index (χ0) is 8.36. The van der Waals surface area contributed by atoms with Crippen molar-refractivity contribution in [3.05, 3.63) is 21.9 Å². The first kappa shape index (κ1) is 10.3. The van der Waals surface area contributed by atoms with Crippen LogP contribution in [0.15, 0.2) is 21.9 Å². The number of allylic oxidation sites excluding steroid dienone is 1. The Kier molecular flexibility index (Phi) is 3.74. The molecule has 0 nitrogen and oxygen atoms in total. The molecule has 0 aliphatic heterocycles. The summed E-state index contributed by atoms with van der Waals surface area (Å²) in [4.78, 5) is 1.13. The second-order valence-electron chi connectivity index (χ2n) is 3.13. The molecule has 0 bridgehead atoms.